The fraction of sp³-hybridized carbons (Fsp3) is 0.423. The second kappa shape index (κ2) is 9.15. The molecule has 1 saturated heterocycles. The molecular formula is C26H30N2O4. The third kappa shape index (κ3) is 4.54. The van der Waals surface area contributed by atoms with E-state index in [1.54, 1.807) is 0 Å². The molecule has 0 radical (unpaired) electrons. The zero-order chi connectivity index (χ0) is 22.7. The molecule has 2 heterocycles. The van der Waals surface area contributed by atoms with Gasteiger partial charge in [-0.15, -0.1) is 0 Å². The molecule has 0 unspecified atom stereocenters. The van der Waals surface area contributed by atoms with Crippen LogP contribution in [0.25, 0.3) is 0 Å². The van der Waals surface area contributed by atoms with E-state index in [2.05, 4.69) is 24.2 Å². The lowest BCUT2D eigenvalue weighted by Crippen LogP contribution is -2.49. The van der Waals surface area contributed by atoms with Crippen molar-refractivity contribution in [1.82, 2.24) is 4.90 Å². The summed E-state index contributed by atoms with van der Waals surface area (Å²) in [7, 11) is 0. The van der Waals surface area contributed by atoms with Crippen LogP contribution in [0.5, 0.6) is 0 Å². The molecule has 2 aliphatic heterocycles. The summed E-state index contributed by atoms with van der Waals surface area (Å²) in [5.41, 5.74) is 3.18. The monoisotopic (exact) mass is 434 g/mol. The summed E-state index contributed by atoms with van der Waals surface area (Å²) < 4.78 is 5.56. The predicted octanol–water partition coefficient (Wildman–Crippen LogP) is 4.89. The molecule has 32 heavy (non-hydrogen) atoms. The lowest BCUT2D eigenvalue weighted by molar-refractivity contribution is -0.140. The number of oxime groups is 1. The van der Waals surface area contributed by atoms with Gasteiger partial charge >= 0.3 is 6.09 Å². The van der Waals surface area contributed by atoms with Gasteiger partial charge in [-0.05, 0) is 49.8 Å². The van der Waals surface area contributed by atoms with Crippen LogP contribution in [0.3, 0.4) is 0 Å². The standard InChI is InChI=1S/C26H30N2O4/c1-4-5-9-18-12-14-20(15-13-18)21-17-22(32-27-21)24(29)28-23(26(2,3)31-25(28)30)16-19-10-7-6-8-11-19/h6-8,10-15,22-23H,4-5,9,16-17H2,1-3H3/t22-,23-/m0/s1. The second-order valence-electron chi connectivity index (χ2n) is 9.02. The van der Waals surface area contributed by atoms with E-state index in [4.69, 9.17) is 9.57 Å². The molecule has 0 aromatic heterocycles. The van der Waals surface area contributed by atoms with E-state index in [1.165, 1.54) is 10.5 Å². The minimum atomic E-state index is -0.829. The molecule has 2 aliphatic rings. The van der Waals surface area contributed by atoms with Gasteiger partial charge in [-0.25, -0.2) is 9.69 Å². The Hall–Kier alpha value is -3.15. The lowest BCUT2D eigenvalue weighted by atomic mass is 9.91. The quantitative estimate of drug-likeness (QED) is 0.622. The minimum absolute atomic E-state index is 0.329. The van der Waals surface area contributed by atoms with Crippen LogP contribution in [0.2, 0.25) is 0 Å². The van der Waals surface area contributed by atoms with Crippen LogP contribution in [0.1, 0.15) is 56.7 Å². The molecule has 2 atom stereocenters. The minimum Gasteiger partial charge on any atom is -0.441 e. The lowest BCUT2D eigenvalue weighted by Gasteiger charge is -2.28. The fourth-order valence-electron chi connectivity index (χ4n) is 4.28. The maximum atomic E-state index is 13.3. The van der Waals surface area contributed by atoms with Crippen LogP contribution in [0, 0.1) is 0 Å². The zero-order valence-electron chi connectivity index (χ0n) is 18.9. The van der Waals surface area contributed by atoms with Gasteiger partial charge in [-0.2, -0.15) is 0 Å². The van der Waals surface area contributed by atoms with Crippen molar-refractivity contribution in [1.29, 1.82) is 0 Å². The van der Waals surface area contributed by atoms with E-state index < -0.39 is 29.7 Å². The normalized spacial score (nSPS) is 21.8. The summed E-state index contributed by atoms with van der Waals surface area (Å²) in [6, 6.07) is 17.6. The Morgan fingerprint density at radius 3 is 2.50 bits per heavy atom. The SMILES string of the molecule is CCCCc1ccc(C2=NO[C@H](C(=O)N3C(=O)OC(C)(C)[C@@H]3Cc3ccccc3)C2)cc1. The third-order valence-electron chi connectivity index (χ3n) is 6.22. The number of aryl methyl sites for hydroxylation is 1. The van der Waals surface area contributed by atoms with Crippen LogP contribution in [-0.4, -0.2) is 40.4 Å². The van der Waals surface area contributed by atoms with Gasteiger partial charge in [0.15, 0.2) is 0 Å². The number of unbranched alkanes of at least 4 members (excludes halogenated alkanes) is 1. The van der Waals surface area contributed by atoms with Gasteiger partial charge < -0.3 is 9.57 Å². The van der Waals surface area contributed by atoms with Gasteiger partial charge in [0.05, 0.1) is 11.8 Å². The first-order valence-electron chi connectivity index (χ1n) is 11.3. The summed E-state index contributed by atoms with van der Waals surface area (Å²) in [4.78, 5) is 32.7. The van der Waals surface area contributed by atoms with Crippen LogP contribution >= 0.6 is 0 Å². The van der Waals surface area contributed by atoms with E-state index in [0.717, 1.165) is 36.1 Å². The highest BCUT2D eigenvalue weighted by Gasteiger charge is 2.52. The molecule has 0 spiro atoms. The summed E-state index contributed by atoms with van der Waals surface area (Å²) >= 11 is 0. The number of rotatable bonds is 7. The molecule has 6 nitrogen and oxygen atoms in total. The number of ether oxygens (including phenoxy) is 1. The van der Waals surface area contributed by atoms with Crippen molar-refractivity contribution in [2.24, 2.45) is 5.16 Å². The molecule has 0 N–H and O–H groups in total. The number of amides is 2. The molecule has 4 rings (SSSR count). The first-order chi connectivity index (χ1) is 15.4. The summed E-state index contributed by atoms with van der Waals surface area (Å²) in [6.45, 7) is 5.85. The Kier molecular flexibility index (Phi) is 6.31. The molecule has 2 amide bonds. The summed E-state index contributed by atoms with van der Waals surface area (Å²) in [5.74, 6) is -0.403. The smallest absolute Gasteiger partial charge is 0.417 e. The number of benzene rings is 2. The third-order valence-corrected chi connectivity index (χ3v) is 6.22. The van der Waals surface area contributed by atoms with E-state index in [9.17, 15) is 9.59 Å². The number of carbonyl (C=O) groups excluding carboxylic acids is 2. The van der Waals surface area contributed by atoms with Crippen molar-refractivity contribution in [2.75, 3.05) is 0 Å². The highest BCUT2D eigenvalue weighted by atomic mass is 16.6. The first-order valence-corrected chi connectivity index (χ1v) is 11.3. The molecular weight excluding hydrogens is 404 g/mol. The maximum absolute atomic E-state index is 13.3. The van der Waals surface area contributed by atoms with E-state index >= 15 is 0 Å². The van der Waals surface area contributed by atoms with Crippen molar-refractivity contribution in [3.8, 4) is 0 Å². The number of cyclic esters (lactones) is 1. The number of hydrogen-bond donors (Lipinski definition) is 0. The number of nitrogens with zero attached hydrogens (tertiary/aromatic N) is 2. The largest absolute Gasteiger partial charge is 0.441 e. The van der Waals surface area contributed by atoms with Gasteiger partial charge in [0, 0.05) is 6.42 Å². The van der Waals surface area contributed by atoms with Gasteiger partial charge in [0.25, 0.3) is 5.91 Å². The Morgan fingerprint density at radius 2 is 1.81 bits per heavy atom. The average Bonchev–Trinajstić information content (AvgIpc) is 3.36. The predicted molar refractivity (Wildman–Crippen MR) is 122 cm³/mol. The highest BCUT2D eigenvalue weighted by molar-refractivity contribution is 6.06. The van der Waals surface area contributed by atoms with Gasteiger partial charge in [-0.1, -0.05) is 73.1 Å². The summed E-state index contributed by atoms with van der Waals surface area (Å²) in [6.07, 6.45) is 2.76. The zero-order valence-corrected chi connectivity index (χ0v) is 18.9. The number of hydrogen-bond acceptors (Lipinski definition) is 5. The Bertz CT molecular complexity index is 998. The first kappa shape index (κ1) is 22.1. The molecule has 2 aromatic carbocycles. The van der Waals surface area contributed by atoms with Crippen molar-refractivity contribution in [3.63, 3.8) is 0 Å². The maximum Gasteiger partial charge on any atom is 0.417 e. The number of imide groups is 1. The molecule has 6 heteroatoms. The molecule has 168 valence electrons. The molecule has 2 aromatic rings. The van der Waals surface area contributed by atoms with Crippen molar-refractivity contribution in [2.45, 2.75) is 70.6 Å². The van der Waals surface area contributed by atoms with Crippen LogP contribution in [-0.2, 0) is 27.2 Å². The molecule has 0 bridgehead atoms. The van der Waals surface area contributed by atoms with Crippen LogP contribution < -0.4 is 0 Å². The average molecular weight is 435 g/mol. The van der Waals surface area contributed by atoms with E-state index in [-0.39, 0.29) is 0 Å². The molecule has 0 saturated carbocycles. The Labute approximate surface area is 189 Å². The van der Waals surface area contributed by atoms with E-state index in [1.807, 2.05) is 56.3 Å². The van der Waals surface area contributed by atoms with Crippen molar-refractivity contribution < 1.29 is 19.2 Å². The van der Waals surface area contributed by atoms with Gasteiger partial charge in [0.2, 0.25) is 6.10 Å². The summed E-state index contributed by atoms with van der Waals surface area (Å²) in [5, 5.41) is 4.16. The van der Waals surface area contributed by atoms with Crippen molar-refractivity contribution >= 4 is 17.7 Å². The van der Waals surface area contributed by atoms with E-state index in [0.29, 0.717) is 12.8 Å². The molecule has 0 aliphatic carbocycles. The highest BCUT2D eigenvalue weighted by Crippen LogP contribution is 2.33. The van der Waals surface area contributed by atoms with Gasteiger partial charge in [0.1, 0.15) is 5.60 Å². The van der Waals surface area contributed by atoms with Crippen molar-refractivity contribution in [3.05, 3.63) is 71.3 Å². The van der Waals surface area contributed by atoms with Gasteiger partial charge in [-0.3, -0.25) is 4.79 Å². The second-order valence-corrected chi connectivity index (χ2v) is 9.02. The number of carbonyl (C=O) groups is 2. The molecule has 1 fully saturated rings. The Morgan fingerprint density at radius 1 is 1.09 bits per heavy atom. The fourth-order valence-corrected chi connectivity index (χ4v) is 4.28. The topological polar surface area (TPSA) is 68.2 Å². The van der Waals surface area contributed by atoms with Crippen LogP contribution in [0.15, 0.2) is 59.8 Å². The Balaban J connectivity index is 1.46. The van der Waals surface area contributed by atoms with Crippen LogP contribution in [0.4, 0.5) is 4.79 Å².